The number of nitrogens with zero attached hydrogens (tertiary/aromatic N) is 1. The molecule has 2 rings (SSSR count). The molecule has 0 spiro atoms. The third-order valence-corrected chi connectivity index (χ3v) is 5.65. The number of ether oxygens (including phenoxy) is 1. The summed E-state index contributed by atoms with van der Waals surface area (Å²) in [5.41, 5.74) is 0.908. The number of methoxy groups -OCH3 is 1. The topological polar surface area (TPSA) is 29.5 Å². The van der Waals surface area contributed by atoms with Crippen molar-refractivity contribution in [1.82, 2.24) is 4.90 Å². The van der Waals surface area contributed by atoms with Gasteiger partial charge in [-0.15, -0.1) is 0 Å². The van der Waals surface area contributed by atoms with E-state index >= 15 is 0 Å². The second kappa shape index (κ2) is 7.60. The van der Waals surface area contributed by atoms with Gasteiger partial charge >= 0.3 is 0 Å². The molecule has 0 aromatic heterocycles. The Labute approximate surface area is 161 Å². The van der Waals surface area contributed by atoms with Crippen molar-refractivity contribution in [2.75, 3.05) is 13.7 Å². The molecule has 0 atom stereocenters. The fourth-order valence-electron chi connectivity index (χ4n) is 1.96. The van der Waals surface area contributed by atoms with Crippen LogP contribution in [0.25, 0.3) is 6.08 Å². The first kappa shape index (κ1) is 17.5. The highest BCUT2D eigenvalue weighted by atomic mass is 127. The lowest BCUT2D eigenvalue weighted by Crippen LogP contribution is -2.28. The van der Waals surface area contributed by atoms with Crippen molar-refractivity contribution in [3.63, 3.8) is 0 Å². The number of hydrogen-bond donors (Lipinski definition) is 0. The number of carbonyl (C=O) groups is 1. The summed E-state index contributed by atoms with van der Waals surface area (Å²) in [7, 11) is 1.64. The summed E-state index contributed by atoms with van der Waals surface area (Å²) >= 11 is 11.1. The van der Waals surface area contributed by atoms with E-state index in [9.17, 15) is 4.79 Å². The van der Waals surface area contributed by atoms with Crippen LogP contribution in [0.3, 0.4) is 0 Å². The van der Waals surface area contributed by atoms with E-state index < -0.39 is 0 Å². The molecule has 0 saturated carbocycles. The average Bonchev–Trinajstić information content (AvgIpc) is 2.66. The normalized spacial score (nSPS) is 17.0. The zero-order valence-electron chi connectivity index (χ0n) is 11.5. The van der Waals surface area contributed by atoms with Crippen molar-refractivity contribution in [2.24, 2.45) is 0 Å². The average molecular weight is 545 g/mol. The molecule has 1 aliphatic rings. The van der Waals surface area contributed by atoms with Gasteiger partial charge in [-0.05, 0) is 69.8 Å². The summed E-state index contributed by atoms with van der Waals surface area (Å²) in [6, 6.07) is 4.05. The van der Waals surface area contributed by atoms with Crippen LogP contribution in [0.2, 0.25) is 0 Å². The number of carbonyl (C=O) groups excluding carboxylic acids is 1. The summed E-state index contributed by atoms with van der Waals surface area (Å²) < 4.78 is 8.22. The van der Waals surface area contributed by atoms with Gasteiger partial charge < -0.3 is 4.74 Å². The van der Waals surface area contributed by atoms with E-state index in [4.69, 9.17) is 17.0 Å². The monoisotopic (exact) mass is 545 g/mol. The maximum Gasteiger partial charge on any atom is 0.266 e. The molecule has 0 unspecified atom stereocenters. The Balaban J connectivity index is 2.41. The molecule has 0 aliphatic carbocycles. The number of thioether (sulfide) groups is 1. The van der Waals surface area contributed by atoms with E-state index in [-0.39, 0.29) is 5.91 Å². The predicted octanol–water partition coefficient (Wildman–Crippen LogP) is 4.52. The molecule has 0 bridgehead atoms. The fourth-order valence-corrected chi connectivity index (χ4v) is 5.37. The van der Waals surface area contributed by atoms with E-state index in [2.05, 4.69) is 45.2 Å². The summed E-state index contributed by atoms with van der Waals surface area (Å²) in [5.74, 6) is 0.777. The van der Waals surface area contributed by atoms with Crippen molar-refractivity contribution in [2.45, 2.75) is 13.3 Å². The smallest absolute Gasteiger partial charge is 0.266 e. The molecule has 1 aromatic rings. The maximum atomic E-state index is 12.4. The van der Waals surface area contributed by atoms with Crippen LogP contribution < -0.4 is 4.74 Å². The fraction of sp³-hybridized carbons (Fsp3) is 0.286. The van der Waals surface area contributed by atoms with Crippen LogP contribution in [0.5, 0.6) is 5.75 Å². The SMILES string of the molecule is CCCN1C(=O)/C(=C/c2cc(I)cc(I)c2OC)SC1=S. The molecule has 7 heteroatoms. The van der Waals surface area contributed by atoms with Crippen molar-refractivity contribution in [3.05, 3.63) is 29.7 Å². The highest BCUT2D eigenvalue weighted by Gasteiger charge is 2.31. The summed E-state index contributed by atoms with van der Waals surface area (Å²) in [4.78, 5) is 14.7. The highest BCUT2D eigenvalue weighted by molar-refractivity contribution is 14.1. The number of thiocarbonyl (C=S) groups is 1. The maximum absolute atomic E-state index is 12.4. The standard InChI is InChI=1S/C14H13I2NO2S2/c1-3-4-17-13(18)11(21-14(17)20)6-8-5-9(15)7-10(16)12(8)19-2/h5-7H,3-4H2,1-2H3/b11-6-. The Kier molecular flexibility index (Phi) is 6.33. The lowest BCUT2D eigenvalue weighted by atomic mass is 10.2. The van der Waals surface area contributed by atoms with Crippen LogP contribution in [-0.2, 0) is 4.79 Å². The largest absolute Gasteiger partial charge is 0.495 e. The van der Waals surface area contributed by atoms with Crippen LogP contribution in [-0.4, -0.2) is 28.8 Å². The van der Waals surface area contributed by atoms with Crippen molar-refractivity contribution in [1.29, 1.82) is 0 Å². The van der Waals surface area contributed by atoms with Crippen LogP contribution in [0.1, 0.15) is 18.9 Å². The molecule has 1 saturated heterocycles. The lowest BCUT2D eigenvalue weighted by Gasteiger charge is -2.12. The molecular formula is C14H13I2NO2S2. The van der Waals surface area contributed by atoms with E-state index in [0.717, 1.165) is 24.9 Å². The Morgan fingerprint density at radius 1 is 1.43 bits per heavy atom. The number of halogens is 2. The molecule has 1 fully saturated rings. The van der Waals surface area contributed by atoms with Crippen molar-refractivity contribution >= 4 is 85.5 Å². The Morgan fingerprint density at radius 2 is 2.14 bits per heavy atom. The zero-order chi connectivity index (χ0) is 15.6. The number of hydrogen-bond acceptors (Lipinski definition) is 4. The number of benzene rings is 1. The minimum absolute atomic E-state index is 0.0113. The van der Waals surface area contributed by atoms with Gasteiger partial charge in [0.05, 0.1) is 15.6 Å². The van der Waals surface area contributed by atoms with Crippen molar-refractivity contribution < 1.29 is 9.53 Å². The van der Waals surface area contributed by atoms with E-state index in [1.54, 1.807) is 12.0 Å². The highest BCUT2D eigenvalue weighted by Crippen LogP contribution is 2.36. The Hall–Kier alpha value is 0.130. The molecule has 21 heavy (non-hydrogen) atoms. The second-order valence-electron chi connectivity index (χ2n) is 4.34. The summed E-state index contributed by atoms with van der Waals surface area (Å²) in [6.07, 6.45) is 2.77. The van der Waals surface area contributed by atoms with Gasteiger partial charge in [0.25, 0.3) is 5.91 Å². The van der Waals surface area contributed by atoms with E-state index in [0.29, 0.717) is 15.8 Å². The molecule has 0 radical (unpaired) electrons. The van der Waals surface area contributed by atoms with Gasteiger partial charge in [-0.3, -0.25) is 9.69 Å². The first-order chi connectivity index (χ1) is 9.97. The molecule has 1 heterocycles. The van der Waals surface area contributed by atoms with Gasteiger partial charge in [0.2, 0.25) is 0 Å². The third kappa shape index (κ3) is 3.91. The van der Waals surface area contributed by atoms with Gasteiger partial charge in [-0.2, -0.15) is 0 Å². The number of rotatable bonds is 4. The molecular weight excluding hydrogens is 532 g/mol. The van der Waals surface area contributed by atoms with Gasteiger partial charge in [0.15, 0.2) is 0 Å². The predicted molar refractivity (Wildman–Crippen MR) is 109 cm³/mol. The van der Waals surface area contributed by atoms with Gasteiger partial charge in [0, 0.05) is 15.7 Å². The molecule has 1 aromatic carbocycles. The van der Waals surface area contributed by atoms with Crippen LogP contribution in [0.4, 0.5) is 0 Å². The summed E-state index contributed by atoms with van der Waals surface area (Å²) in [6.45, 7) is 2.70. The minimum Gasteiger partial charge on any atom is -0.495 e. The Morgan fingerprint density at radius 3 is 2.76 bits per heavy atom. The molecule has 0 N–H and O–H groups in total. The third-order valence-electron chi connectivity index (χ3n) is 2.85. The van der Waals surface area contributed by atoms with Crippen LogP contribution in [0, 0.1) is 7.14 Å². The lowest BCUT2D eigenvalue weighted by molar-refractivity contribution is -0.122. The van der Waals surface area contributed by atoms with Gasteiger partial charge in [-0.25, -0.2) is 0 Å². The molecule has 1 amide bonds. The van der Waals surface area contributed by atoms with Gasteiger partial charge in [0.1, 0.15) is 10.1 Å². The van der Waals surface area contributed by atoms with Crippen LogP contribution in [0.15, 0.2) is 17.0 Å². The van der Waals surface area contributed by atoms with Crippen LogP contribution >= 0.6 is 69.2 Å². The quantitative estimate of drug-likeness (QED) is 0.317. The summed E-state index contributed by atoms with van der Waals surface area (Å²) in [5, 5.41) is 0. The van der Waals surface area contributed by atoms with E-state index in [1.165, 1.54) is 11.8 Å². The molecule has 1 aliphatic heterocycles. The first-order valence-electron chi connectivity index (χ1n) is 6.26. The van der Waals surface area contributed by atoms with Crippen molar-refractivity contribution in [3.8, 4) is 5.75 Å². The minimum atomic E-state index is -0.0113. The second-order valence-corrected chi connectivity index (χ2v) is 8.43. The molecule has 3 nitrogen and oxygen atoms in total. The van der Waals surface area contributed by atoms with E-state index in [1.807, 2.05) is 25.1 Å². The number of amides is 1. The molecule has 112 valence electrons. The first-order valence-corrected chi connectivity index (χ1v) is 9.64. The zero-order valence-corrected chi connectivity index (χ0v) is 17.4. The Bertz CT molecular complexity index is 632. The van der Waals surface area contributed by atoms with Gasteiger partial charge in [-0.1, -0.05) is 30.9 Å².